The fraction of sp³-hybridized carbons (Fsp3) is 0.600. The molecule has 1 aromatic heterocycles. The van der Waals surface area contributed by atoms with Crippen LogP contribution in [-0.2, 0) is 12.8 Å². The van der Waals surface area contributed by atoms with E-state index >= 15 is 0 Å². The average molecular weight is 259 g/mol. The summed E-state index contributed by atoms with van der Waals surface area (Å²) in [5.41, 5.74) is 0.780. The molecule has 4 heteroatoms. The van der Waals surface area contributed by atoms with Crippen molar-refractivity contribution in [1.29, 1.82) is 0 Å². The molecule has 0 amide bonds. The van der Waals surface area contributed by atoms with Crippen LogP contribution in [0, 0.1) is 0 Å². The van der Waals surface area contributed by atoms with Gasteiger partial charge in [-0.05, 0) is 28.8 Å². The van der Waals surface area contributed by atoms with Gasteiger partial charge in [0, 0.05) is 6.42 Å². The number of nitrogens with zero attached hydrogens (tertiary/aromatic N) is 1. The Hall–Kier alpha value is -0.640. The van der Waals surface area contributed by atoms with Crippen molar-refractivity contribution >= 4 is 15.9 Å². The SMILES string of the molecule is CCCCc1nc(CC)c(Br)c(=O)[nH]1. The number of aromatic amines is 1. The number of hydrogen-bond acceptors (Lipinski definition) is 2. The van der Waals surface area contributed by atoms with E-state index in [-0.39, 0.29) is 5.56 Å². The minimum absolute atomic E-state index is 0.0667. The Balaban J connectivity index is 2.98. The van der Waals surface area contributed by atoms with E-state index in [1.165, 1.54) is 0 Å². The largest absolute Gasteiger partial charge is 0.310 e. The average Bonchev–Trinajstić information content (AvgIpc) is 2.19. The highest BCUT2D eigenvalue weighted by atomic mass is 79.9. The first-order chi connectivity index (χ1) is 6.69. The van der Waals surface area contributed by atoms with Gasteiger partial charge >= 0.3 is 0 Å². The van der Waals surface area contributed by atoms with E-state index in [1.807, 2.05) is 6.92 Å². The van der Waals surface area contributed by atoms with Crippen LogP contribution in [0.3, 0.4) is 0 Å². The summed E-state index contributed by atoms with van der Waals surface area (Å²) in [4.78, 5) is 18.6. The van der Waals surface area contributed by atoms with Crippen molar-refractivity contribution in [3.63, 3.8) is 0 Å². The van der Waals surface area contributed by atoms with Gasteiger partial charge in [-0.25, -0.2) is 4.98 Å². The molecule has 0 radical (unpaired) electrons. The molecule has 0 saturated carbocycles. The maximum absolute atomic E-state index is 11.4. The lowest BCUT2D eigenvalue weighted by Gasteiger charge is -2.03. The summed E-state index contributed by atoms with van der Waals surface area (Å²) in [6.07, 6.45) is 3.81. The maximum atomic E-state index is 11.4. The minimum Gasteiger partial charge on any atom is -0.310 e. The first-order valence-electron chi connectivity index (χ1n) is 4.96. The van der Waals surface area contributed by atoms with Gasteiger partial charge in [0.1, 0.15) is 10.3 Å². The van der Waals surface area contributed by atoms with Gasteiger partial charge in [0.2, 0.25) is 0 Å². The number of H-pyrrole nitrogens is 1. The third kappa shape index (κ3) is 2.67. The number of nitrogens with one attached hydrogen (secondary N) is 1. The molecule has 3 nitrogen and oxygen atoms in total. The molecule has 0 saturated heterocycles. The van der Waals surface area contributed by atoms with Gasteiger partial charge in [0.25, 0.3) is 5.56 Å². The van der Waals surface area contributed by atoms with E-state index in [9.17, 15) is 4.79 Å². The third-order valence-electron chi connectivity index (χ3n) is 2.08. The molecule has 0 aliphatic rings. The van der Waals surface area contributed by atoms with Crippen LogP contribution in [0.15, 0.2) is 9.27 Å². The molecule has 1 aromatic rings. The molecule has 1 N–H and O–H groups in total. The number of rotatable bonds is 4. The van der Waals surface area contributed by atoms with Gasteiger partial charge in [-0.3, -0.25) is 4.79 Å². The summed E-state index contributed by atoms with van der Waals surface area (Å²) in [6.45, 7) is 4.12. The van der Waals surface area contributed by atoms with Crippen LogP contribution >= 0.6 is 15.9 Å². The second-order valence-corrected chi connectivity index (χ2v) is 4.02. The highest BCUT2D eigenvalue weighted by Crippen LogP contribution is 2.10. The quantitative estimate of drug-likeness (QED) is 0.902. The van der Waals surface area contributed by atoms with Crippen LogP contribution < -0.4 is 5.56 Å². The summed E-state index contributed by atoms with van der Waals surface area (Å²) in [5.74, 6) is 0.803. The zero-order valence-electron chi connectivity index (χ0n) is 8.56. The van der Waals surface area contributed by atoms with E-state index in [2.05, 4.69) is 32.8 Å². The van der Waals surface area contributed by atoms with Crippen molar-refractivity contribution in [2.75, 3.05) is 0 Å². The molecule has 14 heavy (non-hydrogen) atoms. The minimum atomic E-state index is -0.0667. The standard InChI is InChI=1S/C10H15BrN2O/c1-3-5-6-8-12-7(4-2)9(11)10(14)13-8/h3-6H2,1-2H3,(H,12,13,14). The number of aryl methyl sites for hydroxylation is 2. The normalized spacial score (nSPS) is 10.5. The molecule has 0 aromatic carbocycles. The molecule has 0 spiro atoms. The molecule has 1 heterocycles. The Morgan fingerprint density at radius 1 is 1.43 bits per heavy atom. The summed E-state index contributed by atoms with van der Waals surface area (Å²) in [6, 6.07) is 0. The molecule has 0 aliphatic heterocycles. The highest BCUT2D eigenvalue weighted by Gasteiger charge is 2.06. The Kier molecular flexibility index (Phi) is 4.32. The van der Waals surface area contributed by atoms with Gasteiger partial charge in [0.05, 0.1) is 5.69 Å². The maximum Gasteiger partial charge on any atom is 0.265 e. The molecule has 0 unspecified atom stereocenters. The summed E-state index contributed by atoms with van der Waals surface area (Å²) in [7, 11) is 0. The summed E-state index contributed by atoms with van der Waals surface area (Å²) < 4.78 is 0.570. The van der Waals surface area contributed by atoms with Crippen LogP contribution in [0.2, 0.25) is 0 Å². The smallest absolute Gasteiger partial charge is 0.265 e. The lowest BCUT2D eigenvalue weighted by atomic mass is 10.2. The number of halogens is 1. The Morgan fingerprint density at radius 2 is 2.14 bits per heavy atom. The van der Waals surface area contributed by atoms with Crippen molar-refractivity contribution in [1.82, 2.24) is 9.97 Å². The first-order valence-corrected chi connectivity index (χ1v) is 5.75. The Labute approximate surface area is 92.1 Å². The van der Waals surface area contributed by atoms with E-state index in [0.29, 0.717) is 4.47 Å². The van der Waals surface area contributed by atoms with Crippen molar-refractivity contribution in [2.24, 2.45) is 0 Å². The predicted molar refractivity (Wildman–Crippen MR) is 60.5 cm³/mol. The number of aromatic nitrogens is 2. The molecule has 0 fully saturated rings. The third-order valence-corrected chi connectivity index (χ3v) is 2.90. The second kappa shape index (κ2) is 5.29. The molecule has 0 bridgehead atoms. The van der Waals surface area contributed by atoms with Crippen molar-refractivity contribution in [3.8, 4) is 0 Å². The molecular formula is C10H15BrN2O. The van der Waals surface area contributed by atoms with Crippen molar-refractivity contribution in [3.05, 3.63) is 26.3 Å². The molecular weight excluding hydrogens is 244 g/mol. The van der Waals surface area contributed by atoms with Gasteiger partial charge < -0.3 is 4.98 Å². The number of unbranched alkanes of at least 4 members (excludes halogenated alkanes) is 1. The van der Waals surface area contributed by atoms with Gasteiger partial charge in [-0.1, -0.05) is 20.3 Å². The first kappa shape index (κ1) is 11.4. The van der Waals surface area contributed by atoms with Crippen LogP contribution in [0.25, 0.3) is 0 Å². The fourth-order valence-corrected chi connectivity index (χ4v) is 1.72. The monoisotopic (exact) mass is 258 g/mol. The Morgan fingerprint density at radius 3 is 2.71 bits per heavy atom. The van der Waals surface area contributed by atoms with E-state index in [4.69, 9.17) is 0 Å². The molecule has 78 valence electrons. The van der Waals surface area contributed by atoms with Crippen LogP contribution in [-0.4, -0.2) is 9.97 Å². The highest BCUT2D eigenvalue weighted by molar-refractivity contribution is 9.10. The molecule has 1 rings (SSSR count). The van der Waals surface area contributed by atoms with E-state index in [1.54, 1.807) is 0 Å². The van der Waals surface area contributed by atoms with Crippen LogP contribution in [0.5, 0.6) is 0 Å². The number of hydrogen-bond donors (Lipinski definition) is 1. The Bertz CT molecular complexity index is 360. The molecule has 0 aliphatic carbocycles. The lowest BCUT2D eigenvalue weighted by Crippen LogP contribution is -2.15. The predicted octanol–water partition coefficient (Wildman–Crippen LogP) is 2.44. The zero-order valence-corrected chi connectivity index (χ0v) is 10.1. The van der Waals surface area contributed by atoms with Crippen molar-refractivity contribution in [2.45, 2.75) is 39.5 Å². The summed E-state index contributed by atoms with van der Waals surface area (Å²) >= 11 is 3.24. The van der Waals surface area contributed by atoms with Gasteiger partial charge in [0.15, 0.2) is 0 Å². The lowest BCUT2D eigenvalue weighted by molar-refractivity contribution is 0.736. The van der Waals surface area contributed by atoms with Gasteiger partial charge in [-0.2, -0.15) is 0 Å². The van der Waals surface area contributed by atoms with Crippen LogP contribution in [0.4, 0.5) is 0 Å². The van der Waals surface area contributed by atoms with Gasteiger partial charge in [-0.15, -0.1) is 0 Å². The van der Waals surface area contributed by atoms with E-state index in [0.717, 1.165) is 37.2 Å². The van der Waals surface area contributed by atoms with Crippen LogP contribution in [0.1, 0.15) is 38.2 Å². The second-order valence-electron chi connectivity index (χ2n) is 3.23. The van der Waals surface area contributed by atoms with E-state index < -0.39 is 0 Å². The summed E-state index contributed by atoms with van der Waals surface area (Å²) in [5, 5.41) is 0. The fourth-order valence-electron chi connectivity index (χ4n) is 1.25. The van der Waals surface area contributed by atoms with Crippen molar-refractivity contribution < 1.29 is 0 Å². The molecule has 0 atom stereocenters. The topological polar surface area (TPSA) is 45.8 Å². The zero-order chi connectivity index (χ0) is 10.6.